The van der Waals surface area contributed by atoms with Crippen LogP contribution in [0.25, 0.3) is 21.3 Å². The number of aromatic nitrogens is 3. The van der Waals surface area contributed by atoms with Crippen molar-refractivity contribution in [3.63, 3.8) is 0 Å². The van der Waals surface area contributed by atoms with Crippen LogP contribution < -0.4 is 15.6 Å². The fourth-order valence-corrected chi connectivity index (χ4v) is 5.08. The van der Waals surface area contributed by atoms with Crippen LogP contribution in [0.5, 0.6) is 5.75 Å². The Hall–Kier alpha value is -3.50. The summed E-state index contributed by atoms with van der Waals surface area (Å²) >= 11 is 1.23. The minimum absolute atomic E-state index is 0.220. The second-order valence-corrected chi connectivity index (χ2v) is 10.0. The van der Waals surface area contributed by atoms with Crippen molar-refractivity contribution in [2.45, 2.75) is 39.7 Å². The van der Waals surface area contributed by atoms with Crippen LogP contribution in [0, 0.1) is 13.8 Å². The van der Waals surface area contributed by atoms with Crippen LogP contribution in [-0.4, -0.2) is 32.6 Å². The van der Waals surface area contributed by atoms with E-state index in [2.05, 4.69) is 15.3 Å². The van der Waals surface area contributed by atoms with Gasteiger partial charge < -0.3 is 24.7 Å². The first-order valence-corrected chi connectivity index (χ1v) is 11.8. The number of aromatic amines is 1. The van der Waals surface area contributed by atoms with Crippen LogP contribution in [0.1, 0.15) is 52.3 Å². The summed E-state index contributed by atoms with van der Waals surface area (Å²) in [6.07, 6.45) is 2.99. The van der Waals surface area contributed by atoms with E-state index in [4.69, 9.17) is 4.74 Å². The molecule has 0 aliphatic rings. The molecule has 0 fully saturated rings. The molecule has 4 rings (SSSR count). The number of thiophene rings is 1. The second kappa shape index (κ2) is 8.94. The molecule has 10 heteroatoms. The van der Waals surface area contributed by atoms with Crippen molar-refractivity contribution in [2.75, 3.05) is 7.05 Å². The molecule has 3 N–H and O–H groups in total. The number of rotatable bonds is 6. The van der Waals surface area contributed by atoms with Crippen LogP contribution >= 0.6 is 11.3 Å². The number of aliphatic hydroxyl groups is 1. The number of fused-ring (bicyclic) bond motifs is 1. The lowest BCUT2D eigenvalue weighted by Crippen LogP contribution is -2.19. The molecule has 4 heterocycles. The highest BCUT2D eigenvalue weighted by Gasteiger charge is 2.28. The van der Waals surface area contributed by atoms with Crippen LogP contribution in [0.2, 0.25) is 0 Å². The molecule has 1 amide bonds. The Balaban J connectivity index is 1.93. The van der Waals surface area contributed by atoms with Crippen molar-refractivity contribution in [3.8, 4) is 16.2 Å². The fraction of sp³-hybridized carbons (Fsp3) is 0.320. The van der Waals surface area contributed by atoms with Gasteiger partial charge in [-0.05, 0) is 51.0 Å². The summed E-state index contributed by atoms with van der Waals surface area (Å²) in [6.45, 7) is 6.79. The predicted octanol–water partition coefficient (Wildman–Crippen LogP) is 4.24. The zero-order valence-corrected chi connectivity index (χ0v) is 21.1. The topological polar surface area (TPSA) is 109 Å². The molecule has 1 atom stereocenters. The minimum Gasteiger partial charge on any atom is -0.455 e. The highest BCUT2D eigenvalue weighted by molar-refractivity contribution is 7.16. The third-order valence-corrected chi connectivity index (χ3v) is 7.29. The van der Waals surface area contributed by atoms with Crippen LogP contribution in [-0.2, 0) is 12.6 Å². The van der Waals surface area contributed by atoms with E-state index >= 15 is 4.39 Å². The maximum atomic E-state index is 15.5. The van der Waals surface area contributed by atoms with Crippen molar-refractivity contribution in [3.05, 3.63) is 68.3 Å². The summed E-state index contributed by atoms with van der Waals surface area (Å²) in [5, 5.41) is 13.7. The lowest BCUT2D eigenvalue weighted by atomic mass is 10.1. The molecular weight excluding hydrogens is 471 g/mol. The summed E-state index contributed by atoms with van der Waals surface area (Å²) < 4.78 is 22.8. The van der Waals surface area contributed by atoms with Crippen molar-refractivity contribution in [1.29, 1.82) is 0 Å². The molecule has 0 aliphatic carbocycles. The van der Waals surface area contributed by atoms with Crippen LogP contribution in [0.3, 0.4) is 0 Å². The van der Waals surface area contributed by atoms with Gasteiger partial charge in [-0.1, -0.05) is 0 Å². The number of alkyl halides is 1. The number of amides is 1. The Morgan fingerprint density at radius 3 is 2.54 bits per heavy atom. The first-order valence-electron chi connectivity index (χ1n) is 11.0. The second-order valence-electron chi connectivity index (χ2n) is 8.99. The first kappa shape index (κ1) is 24.6. The third kappa shape index (κ3) is 4.46. The number of hydrogen-bond donors (Lipinski definition) is 3. The molecule has 184 valence electrons. The van der Waals surface area contributed by atoms with E-state index in [0.29, 0.717) is 37.4 Å². The summed E-state index contributed by atoms with van der Waals surface area (Å²) in [5.74, 6) is -0.153. The molecule has 4 aromatic rings. The molecule has 0 radical (unpaired) electrons. The van der Waals surface area contributed by atoms with E-state index in [9.17, 15) is 14.7 Å². The van der Waals surface area contributed by atoms with Gasteiger partial charge in [0.2, 0.25) is 0 Å². The lowest BCUT2D eigenvalue weighted by Gasteiger charge is -2.16. The van der Waals surface area contributed by atoms with E-state index in [0.717, 1.165) is 0 Å². The zero-order valence-electron chi connectivity index (χ0n) is 20.3. The number of nitrogens with zero attached hydrogens (tertiary/aromatic N) is 2. The van der Waals surface area contributed by atoms with Gasteiger partial charge in [0.05, 0.1) is 10.5 Å². The van der Waals surface area contributed by atoms with E-state index < -0.39 is 12.0 Å². The standard InChI is InChI=1S/C25H27FN4O4S/c1-12-9-28-10-13(2)19(12)22(26)34-17-8-18(25(3,4)33)35-21(17)15-11-30(6)24(32)20-14(15)7-16(29-20)23(31)27-5/h7-11,22,29,33H,1-6H3,(H,27,31). The molecule has 0 spiro atoms. The average molecular weight is 499 g/mol. The Morgan fingerprint density at radius 1 is 1.29 bits per heavy atom. The molecule has 0 saturated heterocycles. The van der Waals surface area contributed by atoms with Crippen molar-refractivity contribution >= 4 is 28.1 Å². The third-order valence-electron chi connectivity index (χ3n) is 5.83. The number of ether oxygens (including phenoxy) is 1. The molecule has 0 saturated carbocycles. The van der Waals surface area contributed by atoms with Crippen LogP contribution in [0.15, 0.2) is 35.5 Å². The van der Waals surface area contributed by atoms with E-state index in [1.54, 1.807) is 65.5 Å². The van der Waals surface area contributed by atoms with Gasteiger partial charge in [0.25, 0.3) is 17.8 Å². The van der Waals surface area contributed by atoms with Gasteiger partial charge in [0.1, 0.15) is 17.0 Å². The maximum absolute atomic E-state index is 15.5. The summed E-state index contributed by atoms with van der Waals surface area (Å²) in [6, 6.07) is 3.20. The normalized spacial score (nSPS) is 12.7. The summed E-state index contributed by atoms with van der Waals surface area (Å²) in [7, 11) is 3.09. The molecule has 0 aromatic carbocycles. The van der Waals surface area contributed by atoms with E-state index in [-0.39, 0.29) is 28.4 Å². The number of halogens is 1. The number of nitrogens with one attached hydrogen (secondary N) is 2. The molecule has 8 nitrogen and oxygen atoms in total. The smallest absolute Gasteiger partial charge is 0.274 e. The van der Waals surface area contributed by atoms with Crippen molar-refractivity contribution in [1.82, 2.24) is 19.9 Å². The highest BCUT2D eigenvalue weighted by atomic mass is 32.1. The SMILES string of the molecule is CNC(=O)c1cc2c(-c3sc(C(C)(C)O)cc3OC(F)c3c(C)cncc3C)cn(C)c(=O)c2[nH]1. The number of H-pyrrole nitrogens is 1. The molecule has 0 aliphatic heterocycles. The zero-order chi connectivity index (χ0) is 25.7. The Morgan fingerprint density at radius 2 is 1.94 bits per heavy atom. The highest BCUT2D eigenvalue weighted by Crippen LogP contribution is 2.46. The quantitative estimate of drug-likeness (QED) is 0.368. The number of pyridine rings is 2. The Labute approximate surface area is 205 Å². The van der Waals surface area contributed by atoms with Crippen LogP contribution in [0.4, 0.5) is 4.39 Å². The van der Waals surface area contributed by atoms with Gasteiger partial charge in [0.15, 0.2) is 0 Å². The molecule has 1 unspecified atom stereocenters. The van der Waals surface area contributed by atoms with Gasteiger partial charge in [-0.3, -0.25) is 14.6 Å². The molecule has 0 bridgehead atoms. The van der Waals surface area contributed by atoms with E-state index in [1.165, 1.54) is 23.0 Å². The Bertz CT molecular complexity index is 1480. The van der Waals surface area contributed by atoms with Gasteiger partial charge >= 0.3 is 0 Å². The average Bonchev–Trinajstić information content (AvgIpc) is 3.41. The minimum atomic E-state index is -1.78. The van der Waals surface area contributed by atoms with Crippen molar-refractivity contribution < 1.29 is 19.0 Å². The monoisotopic (exact) mass is 498 g/mol. The fourth-order valence-electron chi connectivity index (χ4n) is 3.96. The van der Waals surface area contributed by atoms with Gasteiger partial charge in [-0.2, -0.15) is 4.39 Å². The van der Waals surface area contributed by atoms with Gasteiger partial charge in [-0.15, -0.1) is 11.3 Å². The molecule has 4 aromatic heterocycles. The van der Waals surface area contributed by atoms with Crippen molar-refractivity contribution in [2.24, 2.45) is 7.05 Å². The maximum Gasteiger partial charge on any atom is 0.274 e. The Kier molecular flexibility index (Phi) is 6.29. The van der Waals surface area contributed by atoms with Gasteiger partial charge in [-0.25, -0.2) is 0 Å². The number of hydrogen-bond acceptors (Lipinski definition) is 6. The number of aryl methyl sites for hydroxylation is 3. The predicted molar refractivity (Wildman–Crippen MR) is 134 cm³/mol. The lowest BCUT2D eigenvalue weighted by molar-refractivity contribution is 0.0646. The van der Waals surface area contributed by atoms with Gasteiger partial charge in [0, 0.05) is 54.1 Å². The summed E-state index contributed by atoms with van der Waals surface area (Å²) in [4.78, 5) is 33.1. The largest absolute Gasteiger partial charge is 0.455 e. The molecular formula is C25H27FN4O4S. The summed E-state index contributed by atoms with van der Waals surface area (Å²) in [5.41, 5.74) is 1.21. The number of carbonyl (C=O) groups is 1. The first-order chi connectivity index (χ1) is 16.4. The molecule has 35 heavy (non-hydrogen) atoms. The van der Waals surface area contributed by atoms with E-state index in [1.807, 2.05) is 0 Å². The number of carbonyl (C=O) groups excluding carboxylic acids is 1.